The molecular weight excluding hydrogens is 330 g/mol. The van der Waals surface area contributed by atoms with E-state index in [2.05, 4.69) is 10.1 Å². The number of anilines is 1. The number of hydrogen-bond donors (Lipinski definition) is 1. The van der Waals surface area contributed by atoms with E-state index in [1.807, 2.05) is 13.8 Å². The normalized spacial score (nSPS) is 21.4. The van der Waals surface area contributed by atoms with Gasteiger partial charge in [-0.15, -0.1) is 0 Å². The summed E-state index contributed by atoms with van der Waals surface area (Å²) in [5.41, 5.74) is 0.555. The maximum absolute atomic E-state index is 12.2. The molecule has 1 N–H and O–H groups in total. The highest BCUT2D eigenvalue weighted by Crippen LogP contribution is 2.28. The highest BCUT2D eigenvalue weighted by atomic mass is 35.5. The first-order chi connectivity index (χ1) is 10.8. The third kappa shape index (κ3) is 5.21. The predicted octanol–water partition coefficient (Wildman–Crippen LogP) is 2.99. The first-order valence-corrected chi connectivity index (χ1v) is 7.64. The van der Waals surface area contributed by atoms with Crippen molar-refractivity contribution in [2.75, 3.05) is 25.0 Å². The van der Waals surface area contributed by atoms with Crippen molar-refractivity contribution >= 4 is 23.2 Å². The molecule has 1 aliphatic rings. The lowest BCUT2D eigenvalue weighted by molar-refractivity contribution is -0.141. The summed E-state index contributed by atoms with van der Waals surface area (Å²) in [6.07, 6.45) is 0.00541. The first-order valence-electron chi connectivity index (χ1n) is 7.26. The number of amides is 1. The van der Waals surface area contributed by atoms with Gasteiger partial charge < -0.3 is 19.7 Å². The molecule has 1 amide bonds. The zero-order chi connectivity index (χ0) is 17.0. The van der Waals surface area contributed by atoms with Crippen molar-refractivity contribution in [3.05, 3.63) is 23.2 Å². The van der Waals surface area contributed by atoms with Crippen LogP contribution in [0.3, 0.4) is 0 Å². The van der Waals surface area contributed by atoms with Crippen molar-refractivity contribution < 1.29 is 23.0 Å². The molecule has 5 nitrogen and oxygen atoms in total. The molecule has 0 saturated carbocycles. The summed E-state index contributed by atoms with van der Waals surface area (Å²) in [4.78, 5) is 13.9. The Morgan fingerprint density at radius 2 is 2.09 bits per heavy atom. The van der Waals surface area contributed by atoms with Gasteiger partial charge in [-0.05, 0) is 32.0 Å². The fraction of sp³-hybridized carbons (Fsp3) is 0.533. The largest absolute Gasteiger partial charge is 0.433 e. The highest BCUT2D eigenvalue weighted by molar-refractivity contribution is 6.32. The highest BCUT2D eigenvalue weighted by Gasteiger charge is 2.25. The van der Waals surface area contributed by atoms with Gasteiger partial charge in [0.15, 0.2) is 0 Å². The van der Waals surface area contributed by atoms with E-state index in [1.165, 1.54) is 18.2 Å². The molecule has 2 atom stereocenters. The second-order valence-corrected chi connectivity index (χ2v) is 5.84. The van der Waals surface area contributed by atoms with Gasteiger partial charge in [0, 0.05) is 18.8 Å². The lowest BCUT2D eigenvalue weighted by atomic mass is 10.2. The summed E-state index contributed by atoms with van der Waals surface area (Å²) >= 11 is 5.87. The third-order valence-electron chi connectivity index (χ3n) is 3.36. The number of carbonyl (C=O) groups is 1. The maximum Gasteiger partial charge on any atom is 0.387 e. The van der Waals surface area contributed by atoms with Gasteiger partial charge in [-0.3, -0.25) is 4.79 Å². The van der Waals surface area contributed by atoms with Crippen molar-refractivity contribution in [1.82, 2.24) is 4.90 Å². The molecule has 0 aliphatic carbocycles. The fourth-order valence-corrected chi connectivity index (χ4v) is 2.70. The zero-order valence-corrected chi connectivity index (χ0v) is 13.6. The third-order valence-corrected chi connectivity index (χ3v) is 3.66. The molecule has 1 fully saturated rings. The van der Waals surface area contributed by atoms with E-state index >= 15 is 0 Å². The van der Waals surface area contributed by atoms with E-state index in [1.54, 1.807) is 4.90 Å². The molecule has 0 bridgehead atoms. The molecule has 0 aromatic heterocycles. The van der Waals surface area contributed by atoms with Crippen LogP contribution < -0.4 is 10.1 Å². The molecule has 1 heterocycles. The SMILES string of the molecule is CC1CN(C(=O)CNc2ccc(OC(F)F)c(Cl)c2)CC(C)O1. The zero-order valence-electron chi connectivity index (χ0n) is 12.9. The number of benzene rings is 1. The molecule has 128 valence electrons. The van der Waals surface area contributed by atoms with Crippen LogP contribution in [0.4, 0.5) is 14.5 Å². The summed E-state index contributed by atoms with van der Waals surface area (Å²) in [5.74, 6) is -0.162. The van der Waals surface area contributed by atoms with Crippen LogP contribution >= 0.6 is 11.6 Å². The number of hydrogen-bond acceptors (Lipinski definition) is 4. The number of rotatable bonds is 5. The molecule has 0 spiro atoms. The van der Waals surface area contributed by atoms with Gasteiger partial charge in [0.1, 0.15) is 5.75 Å². The van der Waals surface area contributed by atoms with Crippen LogP contribution in [-0.4, -0.2) is 49.3 Å². The second-order valence-electron chi connectivity index (χ2n) is 5.43. The van der Waals surface area contributed by atoms with Crippen LogP contribution in [-0.2, 0) is 9.53 Å². The van der Waals surface area contributed by atoms with Crippen LogP contribution in [0.25, 0.3) is 0 Å². The molecule has 2 rings (SSSR count). The van der Waals surface area contributed by atoms with Crippen molar-refractivity contribution in [1.29, 1.82) is 0 Å². The summed E-state index contributed by atoms with van der Waals surface area (Å²) < 4.78 is 34.2. The molecule has 1 aromatic rings. The Morgan fingerprint density at radius 1 is 1.43 bits per heavy atom. The Labute approximate surface area is 138 Å². The minimum Gasteiger partial charge on any atom is -0.433 e. The Bertz CT molecular complexity index is 550. The topological polar surface area (TPSA) is 50.8 Å². The van der Waals surface area contributed by atoms with Gasteiger partial charge in [-0.2, -0.15) is 8.78 Å². The molecule has 1 saturated heterocycles. The van der Waals surface area contributed by atoms with Crippen LogP contribution in [0, 0.1) is 0 Å². The smallest absolute Gasteiger partial charge is 0.387 e. The molecule has 8 heteroatoms. The summed E-state index contributed by atoms with van der Waals surface area (Å²) in [6.45, 7) is 2.10. The molecule has 1 aromatic carbocycles. The van der Waals surface area contributed by atoms with Gasteiger partial charge in [0.2, 0.25) is 5.91 Å². The minimum absolute atomic E-state index is 0.00271. The van der Waals surface area contributed by atoms with Crippen molar-refractivity contribution in [2.24, 2.45) is 0 Å². The molecule has 0 radical (unpaired) electrons. The molecular formula is C15H19ClF2N2O3. The van der Waals surface area contributed by atoms with Gasteiger partial charge in [-0.1, -0.05) is 11.6 Å². The Morgan fingerprint density at radius 3 is 2.65 bits per heavy atom. The predicted molar refractivity (Wildman–Crippen MR) is 83.2 cm³/mol. The number of carbonyl (C=O) groups excluding carboxylic acids is 1. The Balaban J connectivity index is 1.90. The molecule has 1 aliphatic heterocycles. The van der Waals surface area contributed by atoms with E-state index in [0.29, 0.717) is 18.8 Å². The number of halogens is 3. The monoisotopic (exact) mass is 348 g/mol. The number of nitrogens with one attached hydrogen (secondary N) is 1. The number of nitrogens with zero attached hydrogens (tertiary/aromatic N) is 1. The van der Waals surface area contributed by atoms with Gasteiger partial charge in [0.25, 0.3) is 0 Å². The van der Waals surface area contributed by atoms with E-state index in [0.717, 1.165) is 0 Å². The summed E-state index contributed by atoms with van der Waals surface area (Å²) in [6, 6.07) is 4.30. The van der Waals surface area contributed by atoms with Crippen molar-refractivity contribution in [3.63, 3.8) is 0 Å². The Kier molecular flexibility index (Phi) is 6.01. The minimum atomic E-state index is -2.93. The van der Waals surface area contributed by atoms with E-state index in [9.17, 15) is 13.6 Å². The number of alkyl halides is 2. The van der Waals surface area contributed by atoms with Gasteiger partial charge >= 0.3 is 6.61 Å². The number of ether oxygens (including phenoxy) is 2. The fourth-order valence-electron chi connectivity index (χ4n) is 2.47. The standard InChI is InChI=1S/C15H19ClF2N2O3/c1-9-7-20(8-10(2)22-9)14(21)6-19-11-3-4-13(12(16)5-11)23-15(17)18/h3-5,9-10,15,19H,6-8H2,1-2H3. The van der Waals surface area contributed by atoms with Crippen LogP contribution in [0.15, 0.2) is 18.2 Å². The van der Waals surface area contributed by atoms with Crippen LogP contribution in [0.1, 0.15) is 13.8 Å². The number of morpholine rings is 1. The molecule has 23 heavy (non-hydrogen) atoms. The van der Waals surface area contributed by atoms with Crippen LogP contribution in [0.5, 0.6) is 5.75 Å². The summed E-state index contributed by atoms with van der Waals surface area (Å²) in [5, 5.41) is 2.99. The maximum atomic E-state index is 12.2. The molecule has 2 unspecified atom stereocenters. The lowest BCUT2D eigenvalue weighted by Crippen LogP contribution is -2.49. The van der Waals surface area contributed by atoms with E-state index in [-0.39, 0.29) is 35.4 Å². The Hall–Kier alpha value is -1.60. The van der Waals surface area contributed by atoms with Gasteiger partial charge in [-0.25, -0.2) is 0 Å². The first kappa shape index (κ1) is 17.7. The lowest BCUT2D eigenvalue weighted by Gasteiger charge is -2.35. The second kappa shape index (κ2) is 7.79. The quantitative estimate of drug-likeness (QED) is 0.888. The average Bonchev–Trinajstić information content (AvgIpc) is 2.46. The van der Waals surface area contributed by atoms with E-state index in [4.69, 9.17) is 16.3 Å². The van der Waals surface area contributed by atoms with Gasteiger partial charge in [0.05, 0.1) is 23.8 Å². The average molecular weight is 349 g/mol. The van der Waals surface area contributed by atoms with E-state index < -0.39 is 6.61 Å². The van der Waals surface area contributed by atoms with Crippen LogP contribution in [0.2, 0.25) is 5.02 Å². The van der Waals surface area contributed by atoms with Crippen molar-refractivity contribution in [2.45, 2.75) is 32.7 Å². The van der Waals surface area contributed by atoms with Crippen molar-refractivity contribution in [3.8, 4) is 5.75 Å². The summed E-state index contributed by atoms with van der Waals surface area (Å²) in [7, 11) is 0.